The summed E-state index contributed by atoms with van der Waals surface area (Å²) in [6, 6.07) is 22.5. The zero-order valence-corrected chi connectivity index (χ0v) is 13.5. The van der Waals surface area contributed by atoms with Crippen molar-refractivity contribution in [2.24, 2.45) is 10.7 Å². The number of anilines is 1. The molecule has 0 aromatic heterocycles. The fourth-order valence-electron chi connectivity index (χ4n) is 2.59. The van der Waals surface area contributed by atoms with E-state index in [0.717, 1.165) is 22.1 Å². The number of rotatable bonds is 3. The van der Waals surface area contributed by atoms with Crippen LogP contribution in [-0.2, 0) is 0 Å². The van der Waals surface area contributed by atoms with Crippen LogP contribution in [0.1, 0.15) is 25.3 Å². The smallest absolute Gasteiger partial charge is 0.198 e. The van der Waals surface area contributed by atoms with Gasteiger partial charge in [-0.1, -0.05) is 62.4 Å². The molecular weight excluding hydrogens is 282 g/mol. The Balaban J connectivity index is 1.89. The summed E-state index contributed by atoms with van der Waals surface area (Å²) in [5.74, 6) is 0.871. The summed E-state index contributed by atoms with van der Waals surface area (Å²) < 4.78 is 0. The number of hydrogen-bond donors (Lipinski definition) is 2. The van der Waals surface area contributed by atoms with Gasteiger partial charge in [0.25, 0.3) is 0 Å². The molecule has 0 atom stereocenters. The highest BCUT2D eigenvalue weighted by molar-refractivity contribution is 5.99. The largest absolute Gasteiger partial charge is 0.369 e. The van der Waals surface area contributed by atoms with Crippen molar-refractivity contribution >= 4 is 28.1 Å². The van der Waals surface area contributed by atoms with E-state index in [1.54, 1.807) is 0 Å². The maximum Gasteiger partial charge on any atom is 0.198 e. The molecule has 3 aromatic carbocycles. The van der Waals surface area contributed by atoms with Crippen LogP contribution in [0.25, 0.3) is 10.8 Å². The van der Waals surface area contributed by atoms with Gasteiger partial charge in [-0.3, -0.25) is 0 Å². The van der Waals surface area contributed by atoms with Gasteiger partial charge >= 0.3 is 0 Å². The van der Waals surface area contributed by atoms with Crippen LogP contribution >= 0.6 is 0 Å². The van der Waals surface area contributed by atoms with Crippen LogP contribution in [0.3, 0.4) is 0 Å². The summed E-state index contributed by atoms with van der Waals surface area (Å²) in [6.45, 7) is 4.35. The van der Waals surface area contributed by atoms with E-state index in [-0.39, 0.29) is 0 Å². The number of fused-ring (bicyclic) bond motifs is 1. The first-order chi connectivity index (χ1) is 11.1. The molecule has 0 saturated heterocycles. The Hall–Kier alpha value is -2.81. The number of nitrogens with zero attached hydrogens (tertiary/aromatic N) is 1. The SMILES string of the molecule is CC(C)c1cccc(NC(N)=Nc2cccc3ccccc23)c1. The Morgan fingerprint density at radius 2 is 1.70 bits per heavy atom. The molecule has 3 heteroatoms. The van der Waals surface area contributed by atoms with Crippen molar-refractivity contribution in [2.45, 2.75) is 19.8 Å². The fourth-order valence-corrected chi connectivity index (χ4v) is 2.59. The van der Waals surface area contributed by atoms with Crippen LogP contribution in [0.15, 0.2) is 71.7 Å². The van der Waals surface area contributed by atoms with Gasteiger partial charge in [-0.2, -0.15) is 0 Å². The summed E-state index contributed by atoms with van der Waals surface area (Å²) in [4.78, 5) is 4.54. The van der Waals surface area contributed by atoms with Gasteiger partial charge in [-0.05, 0) is 35.1 Å². The number of guanidine groups is 1. The highest BCUT2D eigenvalue weighted by Gasteiger charge is 2.03. The molecule has 23 heavy (non-hydrogen) atoms. The molecule has 116 valence electrons. The van der Waals surface area contributed by atoms with E-state index in [1.807, 2.05) is 36.4 Å². The molecule has 0 aliphatic rings. The minimum atomic E-state index is 0.391. The molecule has 0 fully saturated rings. The molecule has 0 amide bonds. The van der Waals surface area contributed by atoms with E-state index in [4.69, 9.17) is 5.73 Å². The predicted octanol–water partition coefficient (Wildman–Crippen LogP) is 5.02. The molecule has 0 saturated carbocycles. The van der Waals surface area contributed by atoms with E-state index in [9.17, 15) is 0 Å². The van der Waals surface area contributed by atoms with Crippen LogP contribution < -0.4 is 11.1 Å². The van der Waals surface area contributed by atoms with Gasteiger partial charge in [0, 0.05) is 11.1 Å². The van der Waals surface area contributed by atoms with E-state index < -0.39 is 0 Å². The van der Waals surface area contributed by atoms with Crippen LogP contribution in [0.2, 0.25) is 0 Å². The minimum absolute atomic E-state index is 0.391. The lowest BCUT2D eigenvalue weighted by molar-refractivity contribution is 0.867. The molecule has 3 aromatic rings. The van der Waals surface area contributed by atoms with Gasteiger partial charge in [-0.25, -0.2) is 4.99 Å². The summed E-state index contributed by atoms with van der Waals surface area (Å²) in [5.41, 5.74) is 9.19. The first kappa shape index (κ1) is 15.1. The van der Waals surface area contributed by atoms with Gasteiger partial charge in [0.05, 0.1) is 5.69 Å². The second kappa shape index (κ2) is 6.53. The number of hydrogen-bond acceptors (Lipinski definition) is 1. The van der Waals surface area contributed by atoms with Crippen molar-refractivity contribution in [1.29, 1.82) is 0 Å². The highest BCUT2D eigenvalue weighted by atomic mass is 15.1. The first-order valence-corrected chi connectivity index (χ1v) is 7.82. The van der Waals surface area contributed by atoms with Gasteiger partial charge in [0.1, 0.15) is 0 Å². The van der Waals surface area contributed by atoms with Crippen LogP contribution in [-0.4, -0.2) is 5.96 Å². The van der Waals surface area contributed by atoms with E-state index >= 15 is 0 Å². The van der Waals surface area contributed by atoms with Gasteiger partial charge in [0.2, 0.25) is 0 Å². The lowest BCUT2D eigenvalue weighted by Crippen LogP contribution is -2.22. The standard InChI is InChI=1S/C20H21N3/c1-14(2)16-9-5-10-17(13-16)22-20(21)23-19-12-6-8-15-7-3-4-11-18(15)19/h3-14H,1-2H3,(H3,21,22,23). The van der Waals surface area contributed by atoms with Crippen molar-refractivity contribution in [2.75, 3.05) is 5.32 Å². The molecule has 0 aliphatic carbocycles. The Morgan fingerprint density at radius 3 is 2.52 bits per heavy atom. The average Bonchev–Trinajstić information content (AvgIpc) is 2.55. The molecule has 3 rings (SSSR count). The van der Waals surface area contributed by atoms with Crippen molar-refractivity contribution in [3.63, 3.8) is 0 Å². The normalized spacial score (nSPS) is 11.9. The number of nitrogens with two attached hydrogens (primary N) is 1. The maximum atomic E-state index is 6.09. The summed E-state index contributed by atoms with van der Waals surface area (Å²) in [6.07, 6.45) is 0. The third-order valence-electron chi connectivity index (χ3n) is 3.83. The van der Waals surface area contributed by atoms with Crippen LogP contribution in [0.5, 0.6) is 0 Å². The Bertz CT molecular complexity index is 845. The molecule has 3 N–H and O–H groups in total. The topological polar surface area (TPSA) is 50.4 Å². The third kappa shape index (κ3) is 3.51. The number of aliphatic imine (C=N–C) groups is 1. The quantitative estimate of drug-likeness (QED) is 0.527. The number of nitrogens with one attached hydrogen (secondary N) is 1. The fraction of sp³-hybridized carbons (Fsp3) is 0.150. The van der Waals surface area contributed by atoms with E-state index in [0.29, 0.717) is 11.9 Å². The predicted molar refractivity (Wildman–Crippen MR) is 99.4 cm³/mol. The molecule has 0 spiro atoms. The molecule has 0 aliphatic heterocycles. The lowest BCUT2D eigenvalue weighted by Gasteiger charge is -2.10. The monoisotopic (exact) mass is 303 g/mol. The third-order valence-corrected chi connectivity index (χ3v) is 3.83. The summed E-state index contributed by atoms with van der Waals surface area (Å²) >= 11 is 0. The average molecular weight is 303 g/mol. The van der Waals surface area contributed by atoms with Gasteiger partial charge < -0.3 is 11.1 Å². The van der Waals surface area contributed by atoms with E-state index in [1.165, 1.54) is 5.56 Å². The van der Waals surface area contributed by atoms with Crippen LogP contribution in [0.4, 0.5) is 11.4 Å². The van der Waals surface area contributed by atoms with Crippen molar-refractivity contribution in [3.8, 4) is 0 Å². The van der Waals surface area contributed by atoms with Crippen molar-refractivity contribution < 1.29 is 0 Å². The zero-order chi connectivity index (χ0) is 16.2. The lowest BCUT2D eigenvalue weighted by atomic mass is 10.0. The second-order valence-electron chi connectivity index (χ2n) is 5.90. The van der Waals surface area contributed by atoms with Crippen molar-refractivity contribution in [1.82, 2.24) is 0 Å². The first-order valence-electron chi connectivity index (χ1n) is 7.82. The number of benzene rings is 3. The summed E-state index contributed by atoms with van der Waals surface area (Å²) in [5, 5.41) is 5.43. The zero-order valence-electron chi connectivity index (χ0n) is 13.5. The summed E-state index contributed by atoms with van der Waals surface area (Å²) in [7, 11) is 0. The highest BCUT2D eigenvalue weighted by Crippen LogP contribution is 2.25. The van der Waals surface area contributed by atoms with Crippen LogP contribution in [0, 0.1) is 0 Å². The molecular formula is C20H21N3. The Labute approximate surface area is 136 Å². The molecule has 0 heterocycles. The molecule has 0 unspecified atom stereocenters. The second-order valence-corrected chi connectivity index (χ2v) is 5.90. The van der Waals surface area contributed by atoms with Crippen molar-refractivity contribution in [3.05, 3.63) is 72.3 Å². The molecule has 3 nitrogen and oxygen atoms in total. The Kier molecular flexibility index (Phi) is 4.29. The van der Waals surface area contributed by atoms with Gasteiger partial charge in [-0.15, -0.1) is 0 Å². The maximum absolute atomic E-state index is 6.09. The van der Waals surface area contributed by atoms with Gasteiger partial charge in [0.15, 0.2) is 5.96 Å². The molecule has 0 radical (unpaired) electrons. The Morgan fingerprint density at radius 1 is 0.957 bits per heavy atom. The molecule has 0 bridgehead atoms. The minimum Gasteiger partial charge on any atom is -0.369 e. The van der Waals surface area contributed by atoms with E-state index in [2.05, 4.69) is 54.5 Å².